The largest absolute Gasteiger partial charge is 0.481 e. The van der Waals surface area contributed by atoms with Gasteiger partial charge in [-0.1, -0.05) is 0 Å². The Kier molecular flexibility index (Phi) is 7.74. The van der Waals surface area contributed by atoms with Crippen molar-refractivity contribution in [1.29, 1.82) is 0 Å². The Hall–Kier alpha value is -1.63. The van der Waals surface area contributed by atoms with E-state index in [9.17, 15) is 14.4 Å². The van der Waals surface area contributed by atoms with E-state index in [1.54, 1.807) is 6.92 Å². The number of carboxylic acids is 1. The molecule has 19 heavy (non-hydrogen) atoms. The lowest BCUT2D eigenvalue weighted by Gasteiger charge is -2.24. The third-order valence-corrected chi connectivity index (χ3v) is 2.46. The van der Waals surface area contributed by atoms with E-state index in [4.69, 9.17) is 10.8 Å². The SMILES string of the molecule is CCN(CC(=O)NC(C)C)C(=O)C(N)CCC(=O)O. The summed E-state index contributed by atoms with van der Waals surface area (Å²) in [6.07, 6.45) is -0.0981. The first-order valence-electron chi connectivity index (χ1n) is 6.33. The Balaban J connectivity index is 4.38. The number of hydrogen-bond acceptors (Lipinski definition) is 4. The van der Waals surface area contributed by atoms with E-state index in [2.05, 4.69) is 5.32 Å². The number of carbonyl (C=O) groups is 3. The molecule has 0 radical (unpaired) electrons. The molecule has 0 spiro atoms. The molecule has 110 valence electrons. The zero-order valence-electron chi connectivity index (χ0n) is 11.7. The van der Waals surface area contributed by atoms with Gasteiger partial charge in [-0.3, -0.25) is 14.4 Å². The molecule has 7 heteroatoms. The molecular weight excluding hydrogens is 250 g/mol. The van der Waals surface area contributed by atoms with Crippen molar-refractivity contribution >= 4 is 17.8 Å². The molecule has 1 unspecified atom stereocenters. The van der Waals surface area contributed by atoms with Crippen LogP contribution in [0.15, 0.2) is 0 Å². The Labute approximate surface area is 113 Å². The molecule has 0 heterocycles. The van der Waals surface area contributed by atoms with E-state index in [1.165, 1.54) is 4.90 Å². The average Bonchev–Trinajstić information content (AvgIpc) is 2.31. The highest BCUT2D eigenvalue weighted by Gasteiger charge is 2.22. The van der Waals surface area contributed by atoms with Crippen LogP contribution in [0, 0.1) is 0 Å². The molecule has 0 aliphatic rings. The zero-order chi connectivity index (χ0) is 15.0. The fourth-order valence-corrected chi connectivity index (χ4v) is 1.52. The van der Waals surface area contributed by atoms with Gasteiger partial charge in [0.1, 0.15) is 0 Å². The van der Waals surface area contributed by atoms with Crippen molar-refractivity contribution in [1.82, 2.24) is 10.2 Å². The minimum Gasteiger partial charge on any atom is -0.481 e. The highest BCUT2D eigenvalue weighted by atomic mass is 16.4. The van der Waals surface area contributed by atoms with Crippen LogP contribution < -0.4 is 11.1 Å². The first-order chi connectivity index (χ1) is 8.77. The van der Waals surface area contributed by atoms with Gasteiger partial charge in [0.25, 0.3) is 0 Å². The van der Waals surface area contributed by atoms with E-state index in [-0.39, 0.29) is 31.3 Å². The molecule has 0 aliphatic carbocycles. The number of carboxylic acid groups (broad SMARTS) is 1. The standard InChI is InChI=1S/C12H23N3O4/c1-4-15(7-10(16)14-8(2)3)12(19)9(13)5-6-11(17)18/h8-9H,4-7,13H2,1-3H3,(H,14,16)(H,17,18). The van der Waals surface area contributed by atoms with Crippen LogP contribution >= 0.6 is 0 Å². The van der Waals surface area contributed by atoms with Gasteiger partial charge in [0.2, 0.25) is 11.8 Å². The average molecular weight is 273 g/mol. The molecule has 0 rings (SSSR count). The van der Waals surface area contributed by atoms with E-state index >= 15 is 0 Å². The Bertz CT molecular complexity index is 331. The Morgan fingerprint density at radius 2 is 1.89 bits per heavy atom. The van der Waals surface area contributed by atoms with Crippen LogP contribution in [0.2, 0.25) is 0 Å². The van der Waals surface area contributed by atoms with Gasteiger partial charge in [0.15, 0.2) is 0 Å². The van der Waals surface area contributed by atoms with Gasteiger partial charge in [0.05, 0.1) is 12.6 Å². The molecule has 0 aliphatic heterocycles. The summed E-state index contributed by atoms with van der Waals surface area (Å²) in [6.45, 7) is 5.69. The quantitative estimate of drug-likeness (QED) is 0.554. The number of nitrogens with one attached hydrogen (secondary N) is 1. The summed E-state index contributed by atoms with van der Waals surface area (Å²) in [5.74, 6) is -1.65. The molecule has 2 amide bonds. The van der Waals surface area contributed by atoms with Crippen molar-refractivity contribution in [3.63, 3.8) is 0 Å². The monoisotopic (exact) mass is 273 g/mol. The van der Waals surface area contributed by atoms with Gasteiger partial charge in [-0.2, -0.15) is 0 Å². The number of carbonyl (C=O) groups excluding carboxylic acids is 2. The van der Waals surface area contributed by atoms with Gasteiger partial charge in [0, 0.05) is 19.0 Å². The second-order valence-corrected chi connectivity index (χ2v) is 4.61. The predicted molar refractivity (Wildman–Crippen MR) is 70.4 cm³/mol. The van der Waals surface area contributed by atoms with Crippen molar-refractivity contribution in [3.8, 4) is 0 Å². The van der Waals surface area contributed by atoms with Crippen molar-refractivity contribution in [2.24, 2.45) is 5.73 Å². The summed E-state index contributed by atoms with van der Waals surface area (Å²) in [6, 6.07) is -0.884. The van der Waals surface area contributed by atoms with E-state index in [1.807, 2.05) is 13.8 Å². The van der Waals surface area contributed by atoms with Gasteiger partial charge >= 0.3 is 5.97 Å². The first-order valence-corrected chi connectivity index (χ1v) is 6.33. The van der Waals surface area contributed by atoms with Crippen LogP contribution in [0.3, 0.4) is 0 Å². The molecule has 0 aromatic heterocycles. The van der Waals surface area contributed by atoms with Gasteiger partial charge < -0.3 is 21.1 Å². The third kappa shape index (κ3) is 7.40. The molecular formula is C12H23N3O4. The van der Waals surface area contributed by atoms with E-state index < -0.39 is 17.9 Å². The molecule has 0 aromatic rings. The van der Waals surface area contributed by atoms with Crippen molar-refractivity contribution in [2.75, 3.05) is 13.1 Å². The zero-order valence-corrected chi connectivity index (χ0v) is 11.7. The maximum Gasteiger partial charge on any atom is 0.303 e. The predicted octanol–water partition coefficient (Wildman–Crippen LogP) is -0.448. The molecule has 0 fully saturated rings. The van der Waals surface area contributed by atoms with Crippen LogP contribution in [0.1, 0.15) is 33.6 Å². The lowest BCUT2D eigenvalue weighted by Crippen LogP contribution is -2.48. The molecule has 0 bridgehead atoms. The van der Waals surface area contributed by atoms with Crippen molar-refractivity contribution in [2.45, 2.75) is 45.7 Å². The maximum atomic E-state index is 11.9. The third-order valence-electron chi connectivity index (χ3n) is 2.46. The smallest absolute Gasteiger partial charge is 0.303 e. The normalized spacial score (nSPS) is 12.1. The van der Waals surface area contributed by atoms with Crippen molar-refractivity contribution in [3.05, 3.63) is 0 Å². The number of nitrogens with zero attached hydrogens (tertiary/aromatic N) is 1. The number of nitrogens with two attached hydrogens (primary N) is 1. The maximum absolute atomic E-state index is 11.9. The summed E-state index contributed by atoms with van der Waals surface area (Å²) < 4.78 is 0. The van der Waals surface area contributed by atoms with Gasteiger partial charge in [-0.05, 0) is 27.2 Å². The first kappa shape index (κ1) is 17.4. The van der Waals surface area contributed by atoms with Crippen LogP contribution in [-0.4, -0.2) is 53.0 Å². The number of amides is 2. The molecule has 7 nitrogen and oxygen atoms in total. The Morgan fingerprint density at radius 1 is 1.32 bits per heavy atom. The number of likely N-dealkylation sites (N-methyl/N-ethyl adjacent to an activating group) is 1. The van der Waals surface area contributed by atoms with Crippen LogP contribution in [-0.2, 0) is 14.4 Å². The second kappa shape index (κ2) is 8.47. The molecule has 0 saturated heterocycles. The molecule has 0 saturated carbocycles. The minimum atomic E-state index is -0.996. The number of rotatable bonds is 8. The lowest BCUT2D eigenvalue weighted by atomic mass is 10.1. The second-order valence-electron chi connectivity index (χ2n) is 4.61. The summed E-state index contributed by atoms with van der Waals surface area (Å²) in [5, 5.41) is 11.2. The summed E-state index contributed by atoms with van der Waals surface area (Å²) in [5.41, 5.74) is 5.63. The summed E-state index contributed by atoms with van der Waals surface area (Å²) in [4.78, 5) is 35.3. The number of aliphatic carboxylic acids is 1. The molecule has 0 aromatic carbocycles. The fourth-order valence-electron chi connectivity index (χ4n) is 1.52. The number of hydrogen-bond donors (Lipinski definition) is 3. The summed E-state index contributed by atoms with van der Waals surface area (Å²) >= 11 is 0. The van der Waals surface area contributed by atoms with Crippen LogP contribution in [0.4, 0.5) is 0 Å². The fraction of sp³-hybridized carbons (Fsp3) is 0.750. The van der Waals surface area contributed by atoms with E-state index in [0.29, 0.717) is 6.54 Å². The summed E-state index contributed by atoms with van der Waals surface area (Å²) in [7, 11) is 0. The molecule has 1 atom stereocenters. The minimum absolute atomic E-state index is 0.00184. The Morgan fingerprint density at radius 3 is 2.32 bits per heavy atom. The lowest BCUT2D eigenvalue weighted by molar-refractivity contribution is -0.139. The highest BCUT2D eigenvalue weighted by Crippen LogP contribution is 2.01. The van der Waals surface area contributed by atoms with Crippen LogP contribution in [0.5, 0.6) is 0 Å². The highest BCUT2D eigenvalue weighted by molar-refractivity contribution is 5.87. The topological polar surface area (TPSA) is 113 Å². The molecule has 4 N–H and O–H groups in total. The van der Waals surface area contributed by atoms with Crippen LogP contribution in [0.25, 0.3) is 0 Å². The van der Waals surface area contributed by atoms with Crippen molar-refractivity contribution < 1.29 is 19.5 Å². The van der Waals surface area contributed by atoms with Gasteiger partial charge in [-0.25, -0.2) is 0 Å². The van der Waals surface area contributed by atoms with E-state index in [0.717, 1.165) is 0 Å². The van der Waals surface area contributed by atoms with Gasteiger partial charge in [-0.15, -0.1) is 0 Å².